The summed E-state index contributed by atoms with van der Waals surface area (Å²) in [7, 11) is 0. The largest absolute Gasteiger partial charge is 0.481 e. The molecule has 0 radical (unpaired) electrons. The van der Waals surface area contributed by atoms with Crippen molar-refractivity contribution in [1.82, 2.24) is 0 Å². The van der Waals surface area contributed by atoms with Crippen LogP contribution in [0.2, 0.25) is 0 Å². The topological polar surface area (TPSA) is 57.5 Å². The van der Waals surface area contributed by atoms with Crippen molar-refractivity contribution in [2.24, 2.45) is 50.2 Å². The predicted octanol–water partition coefficient (Wildman–Crippen LogP) is 7.23. The molecule has 9 atom stereocenters. The smallest absolute Gasteiger partial charge is 0.312 e. The van der Waals surface area contributed by atoms with Crippen LogP contribution in [0.5, 0.6) is 0 Å². The number of rotatable bonds is 1. The number of aliphatic hydroxyl groups excluding tert-OH is 1. The molecule has 5 aliphatic rings. The highest BCUT2D eigenvalue weighted by Gasteiger charge is 2.69. The minimum Gasteiger partial charge on any atom is -0.481 e. The van der Waals surface area contributed by atoms with E-state index in [1.165, 1.54) is 32.1 Å². The molecule has 5 aliphatic carbocycles. The summed E-state index contributed by atoms with van der Waals surface area (Å²) >= 11 is 0. The first-order valence-corrected chi connectivity index (χ1v) is 13.8. The van der Waals surface area contributed by atoms with Crippen LogP contribution in [0.3, 0.4) is 0 Å². The predicted molar refractivity (Wildman–Crippen MR) is 133 cm³/mol. The van der Waals surface area contributed by atoms with Crippen molar-refractivity contribution in [3.8, 4) is 0 Å². The van der Waals surface area contributed by atoms with Gasteiger partial charge in [-0.15, -0.1) is 0 Å². The van der Waals surface area contributed by atoms with Crippen LogP contribution in [0.25, 0.3) is 0 Å². The molecule has 3 heteroatoms. The van der Waals surface area contributed by atoms with Crippen LogP contribution < -0.4 is 0 Å². The van der Waals surface area contributed by atoms with Crippen LogP contribution in [-0.4, -0.2) is 22.3 Å². The highest BCUT2D eigenvalue weighted by molar-refractivity contribution is 5.76. The van der Waals surface area contributed by atoms with Crippen molar-refractivity contribution in [3.05, 3.63) is 11.6 Å². The number of carboxylic acids is 1. The Balaban J connectivity index is 1.58. The molecule has 0 spiro atoms. The summed E-state index contributed by atoms with van der Waals surface area (Å²) in [5.41, 5.74) is 1.98. The third-order valence-corrected chi connectivity index (χ3v) is 13.2. The standard InChI is InChI=1S/C30H48O3/c1-25(2)14-15-26(3)16-17-28(5)19(20(26)18-25)8-9-21-27(4)12-11-23(31)30(7,24(32)33)22(27)10-13-29(21,28)6/h8,20-23,31H,9-18H2,1-7H3,(H,32,33). The Labute approximate surface area is 201 Å². The van der Waals surface area contributed by atoms with Gasteiger partial charge in [-0.3, -0.25) is 4.79 Å². The van der Waals surface area contributed by atoms with Gasteiger partial charge in [0.15, 0.2) is 0 Å². The second-order valence-electron chi connectivity index (χ2n) is 15.0. The minimum absolute atomic E-state index is 0.0308. The Kier molecular flexibility index (Phi) is 4.99. The first-order chi connectivity index (χ1) is 15.1. The molecule has 9 unspecified atom stereocenters. The lowest BCUT2D eigenvalue weighted by Crippen LogP contribution is -2.66. The SMILES string of the molecule is CC1(C)CCC2(C)CCC3(C)C(=CCC4C5(C)CCC(O)C(C)(C(=O)O)C5CCC43C)C2C1. The number of aliphatic hydroxyl groups is 1. The lowest BCUT2D eigenvalue weighted by atomic mass is 9.33. The summed E-state index contributed by atoms with van der Waals surface area (Å²) in [4.78, 5) is 12.5. The van der Waals surface area contributed by atoms with Crippen LogP contribution in [0.1, 0.15) is 113 Å². The summed E-state index contributed by atoms with van der Waals surface area (Å²) < 4.78 is 0. The molecular formula is C30H48O3. The Bertz CT molecular complexity index is 889. The maximum atomic E-state index is 12.5. The van der Waals surface area contributed by atoms with E-state index < -0.39 is 17.5 Å². The van der Waals surface area contributed by atoms with Gasteiger partial charge in [-0.25, -0.2) is 0 Å². The molecule has 0 heterocycles. The van der Waals surface area contributed by atoms with Crippen molar-refractivity contribution < 1.29 is 15.0 Å². The van der Waals surface area contributed by atoms with Gasteiger partial charge in [0.05, 0.1) is 11.5 Å². The number of aliphatic carboxylic acids is 1. The Hall–Kier alpha value is -0.830. The number of allylic oxidation sites excluding steroid dienone is 2. The summed E-state index contributed by atoms with van der Waals surface area (Å²) in [6.45, 7) is 16.9. The van der Waals surface area contributed by atoms with Gasteiger partial charge in [0.2, 0.25) is 0 Å². The van der Waals surface area contributed by atoms with Crippen LogP contribution >= 0.6 is 0 Å². The van der Waals surface area contributed by atoms with Crippen LogP contribution in [0.15, 0.2) is 11.6 Å². The van der Waals surface area contributed by atoms with Crippen molar-refractivity contribution in [3.63, 3.8) is 0 Å². The highest BCUT2D eigenvalue weighted by Crippen LogP contribution is 2.75. The molecule has 0 aromatic rings. The van der Waals surface area contributed by atoms with E-state index in [9.17, 15) is 15.0 Å². The zero-order chi connectivity index (χ0) is 24.2. The molecule has 0 aliphatic heterocycles. The molecule has 3 nitrogen and oxygen atoms in total. The van der Waals surface area contributed by atoms with Crippen LogP contribution in [0.4, 0.5) is 0 Å². The van der Waals surface area contributed by atoms with Crippen LogP contribution in [-0.2, 0) is 4.79 Å². The first kappa shape index (κ1) is 23.9. The van der Waals surface area contributed by atoms with E-state index >= 15 is 0 Å². The maximum Gasteiger partial charge on any atom is 0.312 e. The van der Waals surface area contributed by atoms with Gasteiger partial charge >= 0.3 is 5.97 Å². The molecule has 5 rings (SSSR count). The Morgan fingerprint density at radius 2 is 1.55 bits per heavy atom. The maximum absolute atomic E-state index is 12.5. The van der Waals surface area contributed by atoms with E-state index in [1.54, 1.807) is 5.57 Å². The molecule has 2 N–H and O–H groups in total. The zero-order valence-electron chi connectivity index (χ0n) is 22.3. The second kappa shape index (κ2) is 6.89. The third kappa shape index (κ3) is 2.87. The normalized spacial score (nSPS) is 55.3. The molecule has 4 fully saturated rings. The molecule has 186 valence electrons. The van der Waals surface area contributed by atoms with Gasteiger partial charge in [0.25, 0.3) is 0 Å². The molecule has 33 heavy (non-hydrogen) atoms. The number of hydrogen-bond acceptors (Lipinski definition) is 2. The third-order valence-electron chi connectivity index (χ3n) is 13.2. The van der Waals surface area contributed by atoms with Crippen molar-refractivity contribution in [2.75, 3.05) is 0 Å². The van der Waals surface area contributed by atoms with Gasteiger partial charge in [0.1, 0.15) is 0 Å². The Morgan fingerprint density at radius 3 is 2.21 bits per heavy atom. The number of carbonyl (C=O) groups is 1. The number of carboxylic acid groups (broad SMARTS) is 1. The average Bonchev–Trinajstić information content (AvgIpc) is 2.72. The molecule has 0 bridgehead atoms. The first-order valence-electron chi connectivity index (χ1n) is 13.8. The molecule has 4 saturated carbocycles. The van der Waals surface area contributed by atoms with E-state index in [0.717, 1.165) is 25.7 Å². The van der Waals surface area contributed by atoms with Gasteiger partial charge in [-0.05, 0) is 116 Å². The molecule has 0 aromatic heterocycles. The fraction of sp³-hybridized carbons (Fsp3) is 0.900. The molecule has 0 saturated heterocycles. The summed E-state index contributed by atoms with van der Waals surface area (Å²) in [5, 5.41) is 21.1. The quantitative estimate of drug-likeness (QED) is 0.409. The Morgan fingerprint density at radius 1 is 0.879 bits per heavy atom. The van der Waals surface area contributed by atoms with E-state index in [2.05, 4.69) is 47.6 Å². The number of fused-ring (bicyclic) bond motifs is 7. The molecular weight excluding hydrogens is 408 g/mol. The second-order valence-corrected chi connectivity index (χ2v) is 15.0. The average molecular weight is 457 g/mol. The van der Waals surface area contributed by atoms with Gasteiger partial charge in [-0.1, -0.05) is 53.2 Å². The minimum atomic E-state index is -1.03. The lowest BCUT2D eigenvalue weighted by molar-refractivity contribution is -0.216. The number of hydrogen-bond donors (Lipinski definition) is 2. The van der Waals surface area contributed by atoms with Crippen LogP contribution in [0, 0.1) is 50.2 Å². The van der Waals surface area contributed by atoms with Crippen molar-refractivity contribution in [2.45, 2.75) is 119 Å². The zero-order valence-corrected chi connectivity index (χ0v) is 22.3. The fourth-order valence-electron chi connectivity index (χ4n) is 10.5. The highest BCUT2D eigenvalue weighted by atomic mass is 16.4. The van der Waals surface area contributed by atoms with Crippen molar-refractivity contribution in [1.29, 1.82) is 0 Å². The molecule has 0 aromatic carbocycles. The summed E-state index contributed by atoms with van der Waals surface area (Å²) in [6, 6.07) is 0. The molecule has 0 amide bonds. The van der Waals surface area contributed by atoms with Gasteiger partial charge in [-0.2, -0.15) is 0 Å². The monoisotopic (exact) mass is 456 g/mol. The van der Waals surface area contributed by atoms with E-state index in [-0.39, 0.29) is 22.2 Å². The van der Waals surface area contributed by atoms with Crippen molar-refractivity contribution >= 4 is 5.97 Å². The lowest BCUT2D eigenvalue weighted by Gasteiger charge is -2.71. The van der Waals surface area contributed by atoms with Gasteiger partial charge in [0, 0.05) is 0 Å². The summed E-state index contributed by atoms with van der Waals surface area (Å²) in [6.07, 6.45) is 13.2. The van der Waals surface area contributed by atoms with Gasteiger partial charge < -0.3 is 10.2 Å². The summed E-state index contributed by atoms with van der Waals surface area (Å²) in [5.74, 6) is 0.432. The fourth-order valence-corrected chi connectivity index (χ4v) is 10.5. The van der Waals surface area contributed by atoms with E-state index in [0.29, 0.717) is 29.1 Å². The van der Waals surface area contributed by atoms with E-state index in [1.807, 2.05) is 6.92 Å². The van der Waals surface area contributed by atoms with E-state index in [4.69, 9.17) is 0 Å².